The number of pyridine rings is 1. The van der Waals surface area contributed by atoms with Crippen LogP contribution in [0.2, 0.25) is 0 Å². The summed E-state index contributed by atoms with van der Waals surface area (Å²) in [5.74, 6) is 0. The topological polar surface area (TPSA) is 43.8 Å². The first-order valence-corrected chi connectivity index (χ1v) is 4.42. The highest BCUT2D eigenvalue weighted by Gasteiger charge is 2.04. The van der Waals surface area contributed by atoms with Crippen LogP contribution in [0.3, 0.4) is 0 Å². The van der Waals surface area contributed by atoms with Gasteiger partial charge in [0.2, 0.25) is 0 Å². The minimum atomic E-state index is 0.446. The van der Waals surface area contributed by atoms with E-state index in [2.05, 4.69) is 20.9 Å². The fourth-order valence-corrected chi connectivity index (χ4v) is 1.79. The molecule has 0 spiro atoms. The Morgan fingerprint density at radius 3 is 3.17 bits per heavy atom. The summed E-state index contributed by atoms with van der Waals surface area (Å²) in [4.78, 5) is 4.23. The molecule has 2 heterocycles. The lowest BCUT2D eigenvalue weighted by Gasteiger charge is -1.99. The summed E-state index contributed by atoms with van der Waals surface area (Å²) in [6.07, 6.45) is 1.76. The van der Waals surface area contributed by atoms with Crippen molar-refractivity contribution in [3.63, 3.8) is 0 Å². The third-order valence-corrected chi connectivity index (χ3v) is 2.44. The molecule has 12 heavy (non-hydrogen) atoms. The van der Waals surface area contributed by atoms with E-state index in [1.165, 1.54) is 0 Å². The first-order chi connectivity index (χ1) is 5.83. The van der Waals surface area contributed by atoms with Gasteiger partial charge in [-0.15, -0.1) is 0 Å². The summed E-state index contributed by atoms with van der Waals surface area (Å²) in [6.45, 7) is 0.446. The average molecular weight is 226 g/mol. The number of halogens is 1. The Kier molecular flexibility index (Phi) is 1.86. The average Bonchev–Trinajstić information content (AvgIpc) is 2.40. The Morgan fingerprint density at radius 1 is 1.58 bits per heavy atom. The van der Waals surface area contributed by atoms with E-state index in [0.29, 0.717) is 6.67 Å². The third kappa shape index (κ3) is 1.04. The Hall–Kier alpha value is -0.870. The monoisotopic (exact) mass is 225 g/mol. The molecule has 0 bridgehead atoms. The Bertz CT molecular complexity index is 408. The number of nitrogens with zero attached hydrogens (tertiary/aromatic N) is 2. The van der Waals surface area contributed by atoms with E-state index in [0.717, 1.165) is 15.6 Å². The Balaban J connectivity index is 2.81. The molecular weight excluding hydrogens is 218 g/mol. The van der Waals surface area contributed by atoms with Crippen LogP contribution in [0.4, 0.5) is 0 Å². The molecule has 62 valence electrons. The van der Waals surface area contributed by atoms with Gasteiger partial charge in [-0.05, 0) is 34.1 Å². The van der Waals surface area contributed by atoms with Crippen LogP contribution < -0.4 is 5.73 Å². The SMILES string of the molecule is NCn1c(Br)cc2cccnc21. The lowest BCUT2D eigenvalue weighted by Crippen LogP contribution is -2.07. The highest BCUT2D eigenvalue weighted by atomic mass is 79.9. The second kappa shape index (κ2) is 2.88. The van der Waals surface area contributed by atoms with Crippen molar-refractivity contribution in [1.29, 1.82) is 0 Å². The number of rotatable bonds is 1. The fraction of sp³-hybridized carbons (Fsp3) is 0.125. The van der Waals surface area contributed by atoms with E-state index < -0.39 is 0 Å². The van der Waals surface area contributed by atoms with E-state index in [1.54, 1.807) is 6.20 Å². The van der Waals surface area contributed by atoms with Gasteiger partial charge in [0.1, 0.15) is 5.65 Å². The first-order valence-electron chi connectivity index (χ1n) is 3.63. The molecule has 0 unspecified atom stereocenters. The minimum Gasteiger partial charge on any atom is -0.314 e. The molecule has 2 aromatic heterocycles. The molecule has 0 aromatic carbocycles. The smallest absolute Gasteiger partial charge is 0.141 e. The maximum atomic E-state index is 5.55. The van der Waals surface area contributed by atoms with Crippen molar-refractivity contribution >= 4 is 27.0 Å². The van der Waals surface area contributed by atoms with E-state index >= 15 is 0 Å². The standard InChI is InChI=1S/C8H8BrN3/c9-7-4-6-2-1-3-11-8(6)12(7)5-10/h1-4H,5,10H2. The molecule has 0 amide bonds. The van der Waals surface area contributed by atoms with Crippen molar-refractivity contribution in [2.24, 2.45) is 5.73 Å². The quantitative estimate of drug-likeness (QED) is 0.804. The molecule has 0 aliphatic carbocycles. The molecule has 2 rings (SSSR count). The van der Waals surface area contributed by atoms with E-state index in [9.17, 15) is 0 Å². The molecule has 0 atom stereocenters. The second-order valence-electron chi connectivity index (χ2n) is 2.49. The molecular formula is C8H8BrN3. The van der Waals surface area contributed by atoms with Crippen molar-refractivity contribution in [1.82, 2.24) is 9.55 Å². The van der Waals surface area contributed by atoms with Crippen molar-refractivity contribution < 1.29 is 0 Å². The number of fused-ring (bicyclic) bond motifs is 1. The molecule has 2 N–H and O–H groups in total. The van der Waals surface area contributed by atoms with Gasteiger partial charge >= 0.3 is 0 Å². The third-order valence-electron chi connectivity index (χ3n) is 1.79. The van der Waals surface area contributed by atoms with Gasteiger partial charge in [0.15, 0.2) is 0 Å². The number of nitrogens with two attached hydrogens (primary N) is 1. The highest BCUT2D eigenvalue weighted by Crippen LogP contribution is 2.20. The maximum absolute atomic E-state index is 5.55. The van der Waals surface area contributed by atoms with Crippen LogP contribution in [-0.2, 0) is 6.67 Å². The van der Waals surface area contributed by atoms with Gasteiger partial charge in [-0.1, -0.05) is 0 Å². The maximum Gasteiger partial charge on any atom is 0.141 e. The number of hydrogen-bond acceptors (Lipinski definition) is 2. The molecule has 0 aliphatic rings. The van der Waals surface area contributed by atoms with Crippen LogP contribution in [-0.4, -0.2) is 9.55 Å². The normalized spacial score (nSPS) is 10.8. The Labute approximate surface area is 78.3 Å². The number of hydrogen-bond donors (Lipinski definition) is 1. The molecule has 0 radical (unpaired) electrons. The molecule has 3 nitrogen and oxygen atoms in total. The van der Waals surface area contributed by atoms with Crippen LogP contribution >= 0.6 is 15.9 Å². The van der Waals surface area contributed by atoms with Crippen molar-refractivity contribution in [2.45, 2.75) is 6.67 Å². The summed E-state index contributed by atoms with van der Waals surface area (Å²) in [6, 6.07) is 5.93. The van der Waals surface area contributed by atoms with E-state index in [-0.39, 0.29) is 0 Å². The highest BCUT2D eigenvalue weighted by molar-refractivity contribution is 9.10. The molecule has 2 aromatic rings. The number of aromatic nitrogens is 2. The van der Waals surface area contributed by atoms with Crippen LogP contribution in [0.5, 0.6) is 0 Å². The lowest BCUT2D eigenvalue weighted by molar-refractivity contribution is 0.740. The zero-order valence-corrected chi connectivity index (χ0v) is 7.95. The Morgan fingerprint density at radius 2 is 2.42 bits per heavy atom. The van der Waals surface area contributed by atoms with Crippen molar-refractivity contribution in [3.8, 4) is 0 Å². The first kappa shape index (κ1) is 7.76. The van der Waals surface area contributed by atoms with Gasteiger partial charge in [-0.3, -0.25) is 0 Å². The summed E-state index contributed by atoms with van der Waals surface area (Å²) < 4.78 is 2.88. The zero-order valence-electron chi connectivity index (χ0n) is 6.37. The lowest BCUT2D eigenvalue weighted by atomic mass is 10.3. The van der Waals surface area contributed by atoms with Gasteiger partial charge in [-0.25, -0.2) is 4.98 Å². The predicted molar refractivity (Wildman–Crippen MR) is 51.6 cm³/mol. The van der Waals surface area contributed by atoms with Crippen LogP contribution in [0, 0.1) is 0 Å². The van der Waals surface area contributed by atoms with Crippen LogP contribution in [0.15, 0.2) is 29.0 Å². The summed E-state index contributed by atoms with van der Waals surface area (Å²) >= 11 is 3.41. The van der Waals surface area contributed by atoms with Crippen molar-refractivity contribution in [3.05, 3.63) is 29.0 Å². The van der Waals surface area contributed by atoms with E-state index in [1.807, 2.05) is 22.8 Å². The van der Waals surface area contributed by atoms with Gasteiger partial charge in [0.25, 0.3) is 0 Å². The van der Waals surface area contributed by atoms with Gasteiger partial charge in [0.05, 0.1) is 11.3 Å². The molecule has 0 saturated heterocycles. The summed E-state index contributed by atoms with van der Waals surface area (Å²) in [7, 11) is 0. The molecule has 0 saturated carbocycles. The van der Waals surface area contributed by atoms with Crippen LogP contribution in [0.25, 0.3) is 11.0 Å². The second-order valence-corrected chi connectivity index (χ2v) is 3.31. The van der Waals surface area contributed by atoms with Crippen molar-refractivity contribution in [2.75, 3.05) is 0 Å². The fourth-order valence-electron chi connectivity index (χ4n) is 1.23. The zero-order chi connectivity index (χ0) is 8.55. The van der Waals surface area contributed by atoms with Gasteiger partial charge < -0.3 is 10.3 Å². The largest absolute Gasteiger partial charge is 0.314 e. The van der Waals surface area contributed by atoms with E-state index in [4.69, 9.17) is 5.73 Å². The molecule has 4 heteroatoms. The summed E-state index contributed by atoms with van der Waals surface area (Å²) in [5, 5.41) is 1.11. The minimum absolute atomic E-state index is 0.446. The van der Waals surface area contributed by atoms with Gasteiger partial charge in [0, 0.05) is 11.6 Å². The summed E-state index contributed by atoms with van der Waals surface area (Å²) in [5.41, 5.74) is 6.48. The van der Waals surface area contributed by atoms with Gasteiger partial charge in [-0.2, -0.15) is 0 Å². The van der Waals surface area contributed by atoms with Crippen LogP contribution in [0.1, 0.15) is 0 Å². The predicted octanol–water partition coefficient (Wildman–Crippen LogP) is 1.71. The molecule has 0 aliphatic heterocycles. The molecule has 0 fully saturated rings.